The molecule has 2 saturated heterocycles. The summed E-state index contributed by atoms with van der Waals surface area (Å²) in [7, 11) is 0. The SMILES string of the molecule is Cc1nc(Nc2ncc(C(=O)Nc3c(C)cccc3Cl)s2)cc(N2CCN(C(=O)CCCCCOCCOCCOCCCCCCN[C@H](C(=O)N3C[C@H](O)C[C@H]3C(=O)NCc3ccc(-c4scnc4C)cc3)C(C)(C)C)CC2)n1. The number of unbranched alkanes of at least 4 members (excludes halogenated alkanes) is 5. The Kier molecular flexibility index (Phi) is 24.0. The number of anilines is 4. The number of hydrogen-bond acceptors (Lipinski definition) is 17. The van der Waals surface area contributed by atoms with Crippen molar-refractivity contribution < 1.29 is 38.5 Å². The van der Waals surface area contributed by atoms with Crippen molar-refractivity contribution in [2.24, 2.45) is 5.41 Å². The summed E-state index contributed by atoms with van der Waals surface area (Å²) in [6.07, 6.45) is 7.92. The molecule has 5 aromatic rings. The third-order valence-corrected chi connectivity index (χ3v) is 16.3. The molecule has 7 rings (SSSR count). The smallest absolute Gasteiger partial charge is 0.267 e. The van der Waals surface area contributed by atoms with Gasteiger partial charge in [-0.25, -0.2) is 19.9 Å². The lowest BCUT2D eigenvalue weighted by atomic mass is 9.85. The van der Waals surface area contributed by atoms with Gasteiger partial charge in [0.25, 0.3) is 5.91 Å². The molecule has 434 valence electrons. The number of aryl methyl sites for hydroxylation is 3. The molecular formula is C58H80ClN11O8S2. The number of nitrogens with zero attached hydrogens (tertiary/aromatic N) is 7. The summed E-state index contributed by atoms with van der Waals surface area (Å²) in [6, 6.07) is 14.1. The highest BCUT2D eigenvalue weighted by atomic mass is 35.5. The van der Waals surface area contributed by atoms with Gasteiger partial charge in [-0.2, -0.15) is 0 Å². The third kappa shape index (κ3) is 18.7. The average molecular weight is 1160 g/mol. The predicted octanol–water partition coefficient (Wildman–Crippen LogP) is 8.73. The Labute approximate surface area is 484 Å². The van der Waals surface area contributed by atoms with Gasteiger partial charge >= 0.3 is 0 Å². The molecule has 19 nitrogen and oxygen atoms in total. The summed E-state index contributed by atoms with van der Waals surface area (Å²) >= 11 is 9.12. The molecule has 2 aliphatic rings. The highest BCUT2D eigenvalue weighted by Gasteiger charge is 2.43. The fourth-order valence-electron chi connectivity index (χ4n) is 9.66. The van der Waals surface area contributed by atoms with Crippen LogP contribution in [0.1, 0.15) is 111 Å². The number of aromatic nitrogens is 4. The van der Waals surface area contributed by atoms with Crippen molar-refractivity contribution in [3.63, 3.8) is 0 Å². The molecule has 2 aromatic carbocycles. The fourth-order valence-corrected chi connectivity index (χ4v) is 11.5. The van der Waals surface area contributed by atoms with E-state index in [1.54, 1.807) is 22.3 Å². The number of nitrogens with one attached hydrogen (secondary N) is 4. The Bertz CT molecular complexity index is 2760. The van der Waals surface area contributed by atoms with Crippen molar-refractivity contribution in [1.82, 2.24) is 40.4 Å². The van der Waals surface area contributed by atoms with Crippen LogP contribution < -0.4 is 26.2 Å². The zero-order chi connectivity index (χ0) is 57.0. The van der Waals surface area contributed by atoms with Gasteiger partial charge < -0.3 is 55.3 Å². The number of aliphatic hydroxyl groups excluding tert-OH is 1. The van der Waals surface area contributed by atoms with E-state index >= 15 is 0 Å². The van der Waals surface area contributed by atoms with Crippen LogP contribution in [-0.4, -0.2) is 156 Å². The van der Waals surface area contributed by atoms with Gasteiger partial charge in [0.05, 0.1) is 71.6 Å². The third-order valence-electron chi connectivity index (χ3n) is 14.1. The average Bonchev–Trinajstić information content (AvgIpc) is 4.23. The van der Waals surface area contributed by atoms with Crippen LogP contribution in [0.25, 0.3) is 10.4 Å². The van der Waals surface area contributed by atoms with E-state index in [-0.39, 0.29) is 36.6 Å². The molecule has 3 atom stereocenters. The van der Waals surface area contributed by atoms with Crippen LogP contribution in [0.4, 0.5) is 22.5 Å². The number of rotatable bonds is 30. The number of piperazine rings is 1. The molecule has 2 fully saturated rings. The summed E-state index contributed by atoms with van der Waals surface area (Å²) in [5.41, 5.74) is 5.90. The monoisotopic (exact) mass is 1160 g/mol. The Morgan fingerprint density at radius 2 is 1.52 bits per heavy atom. The minimum Gasteiger partial charge on any atom is -0.391 e. The minimum atomic E-state index is -0.756. The van der Waals surface area contributed by atoms with Gasteiger partial charge in [0.2, 0.25) is 17.7 Å². The number of halogens is 1. The molecule has 4 amide bonds. The second kappa shape index (κ2) is 31.0. The maximum atomic E-state index is 14.0. The van der Waals surface area contributed by atoms with Crippen LogP contribution in [0.15, 0.2) is 60.2 Å². The van der Waals surface area contributed by atoms with E-state index in [0.717, 1.165) is 78.0 Å². The highest BCUT2D eigenvalue weighted by molar-refractivity contribution is 7.17. The molecule has 0 radical (unpaired) electrons. The van der Waals surface area contributed by atoms with Crippen LogP contribution in [0, 0.1) is 26.2 Å². The first-order valence-electron chi connectivity index (χ1n) is 27.9. The number of thiazole rings is 2. The number of para-hydroxylation sites is 1. The van der Waals surface area contributed by atoms with E-state index in [0.29, 0.717) is 118 Å². The van der Waals surface area contributed by atoms with E-state index < -0.39 is 23.6 Å². The van der Waals surface area contributed by atoms with E-state index in [1.807, 2.05) is 94.4 Å². The van der Waals surface area contributed by atoms with E-state index in [2.05, 4.69) is 46.1 Å². The zero-order valence-corrected chi connectivity index (χ0v) is 49.6. The predicted molar refractivity (Wildman–Crippen MR) is 316 cm³/mol. The molecule has 0 saturated carbocycles. The maximum absolute atomic E-state index is 14.0. The molecule has 22 heteroatoms. The molecule has 5 N–H and O–H groups in total. The molecule has 2 aliphatic heterocycles. The van der Waals surface area contributed by atoms with Gasteiger partial charge in [0, 0.05) is 71.4 Å². The Balaban J connectivity index is 0.665. The summed E-state index contributed by atoms with van der Waals surface area (Å²) < 4.78 is 17.2. The van der Waals surface area contributed by atoms with Crippen LogP contribution in [-0.2, 0) is 35.1 Å². The lowest BCUT2D eigenvalue weighted by Gasteiger charge is -2.35. The molecule has 3 aromatic heterocycles. The van der Waals surface area contributed by atoms with Gasteiger partial charge in [0.15, 0.2) is 5.13 Å². The zero-order valence-electron chi connectivity index (χ0n) is 47.2. The first kappa shape index (κ1) is 62.0. The van der Waals surface area contributed by atoms with Crippen LogP contribution in [0.2, 0.25) is 5.02 Å². The van der Waals surface area contributed by atoms with Gasteiger partial charge in [-0.3, -0.25) is 19.2 Å². The van der Waals surface area contributed by atoms with E-state index in [1.165, 1.54) is 17.5 Å². The normalized spacial score (nSPS) is 16.0. The van der Waals surface area contributed by atoms with Crippen molar-refractivity contribution >= 4 is 80.4 Å². The number of β-amino-alcohol motifs (C(OH)–C–C–N with tert-alkyl or cyclic N) is 1. The van der Waals surface area contributed by atoms with Crippen LogP contribution >= 0.6 is 34.3 Å². The Hall–Kier alpha value is -5.65. The summed E-state index contributed by atoms with van der Waals surface area (Å²) in [6.45, 7) is 18.8. The van der Waals surface area contributed by atoms with Gasteiger partial charge in [-0.15, -0.1) is 11.3 Å². The van der Waals surface area contributed by atoms with Gasteiger partial charge in [-0.1, -0.05) is 99.4 Å². The molecule has 0 bridgehead atoms. The lowest BCUT2D eigenvalue weighted by Crippen LogP contribution is -2.56. The first-order chi connectivity index (χ1) is 38.5. The minimum absolute atomic E-state index is 0.133. The Morgan fingerprint density at radius 3 is 2.20 bits per heavy atom. The first-order valence-corrected chi connectivity index (χ1v) is 30.0. The van der Waals surface area contributed by atoms with Gasteiger partial charge in [-0.05, 0) is 81.2 Å². The van der Waals surface area contributed by atoms with Crippen molar-refractivity contribution in [2.45, 2.75) is 124 Å². The van der Waals surface area contributed by atoms with Crippen molar-refractivity contribution in [1.29, 1.82) is 0 Å². The highest BCUT2D eigenvalue weighted by Crippen LogP contribution is 2.31. The van der Waals surface area contributed by atoms with Crippen molar-refractivity contribution in [2.75, 3.05) is 94.4 Å². The molecule has 5 heterocycles. The number of carbonyl (C=O) groups excluding carboxylic acids is 4. The number of benzene rings is 2. The van der Waals surface area contributed by atoms with Crippen LogP contribution in [0.5, 0.6) is 0 Å². The topological polar surface area (TPSA) is 226 Å². The molecule has 80 heavy (non-hydrogen) atoms. The van der Waals surface area contributed by atoms with Crippen molar-refractivity contribution in [3.8, 4) is 10.4 Å². The summed E-state index contributed by atoms with van der Waals surface area (Å²) in [4.78, 5) is 78.6. The largest absolute Gasteiger partial charge is 0.391 e. The molecule has 0 spiro atoms. The standard InChI is InChI=1S/C58H80ClN11O8S2/c1-39-15-14-16-45(59)51(39)67-55(74)47-36-62-57(80-47)66-48-34-49(65-41(3)64-48)68-23-25-69(26-24-68)50(72)17-10-9-13-28-77-30-32-78-31-29-76-27-12-8-7-11-22-60-53(58(4,5)6)56(75)70-37-44(71)33-46(70)54(73)61-35-42-18-20-43(21-19-42)52-40(2)63-38-79-52/h14-16,18-21,34,36,38,44,46,53,60,71H,7-13,17,22-33,35,37H2,1-6H3,(H,61,73)(H,67,74)(H,62,64,65,66)/t44-,46+,53-/m1/s1. The number of ether oxygens (including phenoxy) is 3. The van der Waals surface area contributed by atoms with E-state index in [4.69, 9.17) is 25.8 Å². The maximum Gasteiger partial charge on any atom is 0.267 e. The summed E-state index contributed by atoms with van der Waals surface area (Å²) in [5, 5.41) is 24.2. The Morgan fingerprint density at radius 1 is 0.838 bits per heavy atom. The number of hydrogen-bond donors (Lipinski definition) is 5. The van der Waals surface area contributed by atoms with Crippen LogP contribution in [0.3, 0.4) is 0 Å². The second-order valence-electron chi connectivity index (χ2n) is 21.5. The van der Waals surface area contributed by atoms with Crippen molar-refractivity contribution in [3.05, 3.63) is 92.8 Å². The lowest BCUT2D eigenvalue weighted by molar-refractivity contribution is -0.142. The quantitative estimate of drug-likeness (QED) is 0.0271. The number of carbonyl (C=O) groups is 4. The molecular weight excluding hydrogens is 1080 g/mol. The number of likely N-dealkylation sites (tertiary alicyclic amines) is 1. The van der Waals surface area contributed by atoms with Gasteiger partial charge in [0.1, 0.15) is 28.4 Å². The summed E-state index contributed by atoms with van der Waals surface area (Å²) in [5.74, 6) is 1.38. The number of aliphatic hydroxyl groups is 1. The number of amides is 4. The fraction of sp³-hybridized carbons (Fsp3) is 0.552. The second-order valence-corrected chi connectivity index (χ2v) is 23.8. The molecule has 0 unspecified atom stereocenters. The molecule has 0 aliphatic carbocycles. The van der Waals surface area contributed by atoms with E-state index in [9.17, 15) is 24.3 Å².